The molecule has 0 aromatic carbocycles. The predicted octanol–water partition coefficient (Wildman–Crippen LogP) is 0.877. The zero-order chi connectivity index (χ0) is 10.7. The van der Waals surface area contributed by atoms with Gasteiger partial charge >= 0.3 is 0 Å². The molecule has 1 aliphatic rings. The summed E-state index contributed by atoms with van der Waals surface area (Å²) in [6.45, 7) is 1.14. The van der Waals surface area contributed by atoms with Gasteiger partial charge in [-0.1, -0.05) is 0 Å². The molecule has 0 atom stereocenters. The second-order valence-electron chi connectivity index (χ2n) is 3.58. The monoisotopic (exact) mass is 224 g/mol. The van der Waals surface area contributed by atoms with E-state index in [0.717, 1.165) is 5.69 Å². The summed E-state index contributed by atoms with van der Waals surface area (Å²) < 4.78 is 0. The van der Waals surface area contributed by atoms with Crippen molar-refractivity contribution in [2.45, 2.75) is 19.3 Å². The first kappa shape index (κ1) is 10.3. The first-order valence-corrected chi connectivity index (χ1v) is 5.86. The predicted molar refractivity (Wildman–Crippen MR) is 56.6 cm³/mol. The van der Waals surface area contributed by atoms with E-state index in [9.17, 15) is 9.59 Å². The number of ketones is 1. The largest absolute Gasteiger partial charge is 0.341 e. The molecule has 2 heterocycles. The fourth-order valence-corrected chi connectivity index (χ4v) is 2.16. The Balaban J connectivity index is 1.89. The van der Waals surface area contributed by atoms with E-state index in [4.69, 9.17) is 0 Å². The van der Waals surface area contributed by atoms with Crippen molar-refractivity contribution in [2.24, 2.45) is 0 Å². The minimum Gasteiger partial charge on any atom is -0.341 e. The summed E-state index contributed by atoms with van der Waals surface area (Å²) in [7, 11) is 0. The number of nitrogens with zero attached hydrogens (tertiary/aromatic N) is 2. The Labute approximate surface area is 91.9 Å². The first-order chi connectivity index (χ1) is 7.25. The molecule has 0 unspecified atom stereocenters. The minimum atomic E-state index is 0.0772. The molecular weight excluding hydrogens is 212 g/mol. The Bertz CT molecular complexity index is 352. The summed E-state index contributed by atoms with van der Waals surface area (Å²) >= 11 is 1.49. The molecule has 0 saturated carbocycles. The molecular formula is C10H12N2O2S. The lowest BCUT2D eigenvalue weighted by Gasteiger charge is -2.25. The molecule has 1 amide bonds. The van der Waals surface area contributed by atoms with E-state index in [-0.39, 0.29) is 11.7 Å². The number of aromatic nitrogens is 1. The van der Waals surface area contributed by atoms with Crippen molar-refractivity contribution in [1.82, 2.24) is 9.88 Å². The Hall–Kier alpha value is -1.23. The first-order valence-electron chi connectivity index (χ1n) is 4.92. The van der Waals surface area contributed by atoms with Crippen molar-refractivity contribution >= 4 is 23.0 Å². The van der Waals surface area contributed by atoms with E-state index >= 15 is 0 Å². The number of amides is 1. The molecule has 1 aromatic rings. The highest BCUT2D eigenvalue weighted by Gasteiger charge is 2.20. The smallest absolute Gasteiger partial charge is 0.228 e. The van der Waals surface area contributed by atoms with Crippen molar-refractivity contribution in [3.8, 4) is 0 Å². The van der Waals surface area contributed by atoms with Gasteiger partial charge in [0, 0.05) is 31.3 Å². The van der Waals surface area contributed by atoms with Gasteiger partial charge in [-0.25, -0.2) is 4.98 Å². The average Bonchev–Trinajstić information content (AvgIpc) is 2.71. The lowest BCUT2D eigenvalue weighted by molar-refractivity contribution is -0.133. The third-order valence-corrected chi connectivity index (χ3v) is 3.12. The Morgan fingerprint density at radius 1 is 1.47 bits per heavy atom. The zero-order valence-corrected chi connectivity index (χ0v) is 9.13. The van der Waals surface area contributed by atoms with Gasteiger partial charge in [-0.15, -0.1) is 11.3 Å². The van der Waals surface area contributed by atoms with Gasteiger partial charge in [0.05, 0.1) is 17.6 Å². The Morgan fingerprint density at radius 3 is 2.80 bits per heavy atom. The van der Waals surface area contributed by atoms with Crippen molar-refractivity contribution in [3.05, 3.63) is 16.6 Å². The fourth-order valence-electron chi connectivity index (χ4n) is 1.60. The van der Waals surface area contributed by atoms with Crippen LogP contribution in [-0.2, 0) is 16.0 Å². The number of thiazole rings is 1. The molecule has 5 heteroatoms. The molecule has 1 aromatic heterocycles. The molecule has 4 nitrogen and oxygen atoms in total. The molecule has 15 heavy (non-hydrogen) atoms. The van der Waals surface area contributed by atoms with Gasteiger partial charge in [-0.2, -0.15) is 0 Å². The highest BCUT2D eigenvalue weighted by atomic mass is 32.1. The number of carbonyl (C=O) groups excluding carboxylic acids is 2. The molecule has 0 aliphatic carbocycles. The summed E-state index contributed by atoms with van der Waals surface area (Å²) in [4.78, 5) is 28.6. The maximum atomic E-state index is 11.8. The van der Waals surface area contributed by atoms with Crippen LogP contribution in [0.4, 0.5) is 0 Å². The molecule has 0 radical (unpaired) electrons. The van der Waals surface area contributed by atoms with E-state index in [0.29, 0.717) is 32.4 Å². The lowest BCUT2D eigenvalue weighted by Crippen LogP contribution is -2.39. The number of hydrogen-bond donors (Lipinski definition) is 0. The van der Waals surface area contributed by atoms with Crippen LogP contribution in [0.25, 0.3) is 0 Å². The topological polar surface area (TPSA) is 50.3 Å². The van der Waals surface area contributed by atoms with Gasteiger partial charge in [0.25, 0.3) is 0 Å². The fraction of sp³-hybridized carbons (Fsp3) is 0.500. The van der Waals surface area contributed by atoms with Crippen molar-refractivity contribution in [1.29, 1.82) is 0 Å². The number of likely N-dealkylation sites (tertiary alicyclic amines) is 1. The molecule has 0 N–H and O–H groups in total. The van der Waals surface area contributed by atoms with Crippen LogP contribution in [-0.4, -0.2) is 34.7 Å². The zero-order valence-electron chi connectivity index (χ0n) is 8.31. The molecule has 80 valence electrons. The summed E-state index contributed by atoms with van der Waals surface area (Å²) in [6, 6.07) is 0. The van der Waals surface area contributed by atoms with Gasteiger partial charge in [0.2, 0.25) is 5.91 Å². The van der Waals surface area contributed by atoms with Crippen LogP contribution in [0.15, 0.2) is 10.9 Å². The van der Waals surface area contributed by atoms with E-state index in [1.165, 1.54) is 11.3 Å². The summed E-state index contributed by atoms with van der Waals surface area (Å²) in [5, 5.41) is 1.88. The van der Waals surface area contributed by atoms with Crippen LogP contribution in [0, 0.1) is 0 Å². The molecule has 1 fully saturated rings. The highest BCUT2D eigenvalue weighted by molar-refractivity contribution is 7.07. The number of piperidine rings is 1. The average molecular weight is 224 g/mol. The second-order valence-corrected chi connectivity index (χ2v) is 4.29. The Morgan fingerprint density at radius 2 is 2.20 bits per heavy atom. The standard InChI is InChI=1S/C10H12N2O2S/c13-9-1-3-12(4-2-9)10(14)5-8-6-15-7-11-8/h6-7H,1-5H2. The number of rotatable bonds is 2. The van der Waals surface area contributed by atoms with Crippen molar-refractivity contribution in [3.63, 3.8) is 0 Å². The van der Waals surface area contributed by atoms with Crippen LogP contribution >= 0.6 is 11.3 Å². The molecule has 0 spiro atoms. The maximum Gasteiger partial charge on any atom is 0.228 e. The van der Waals surface area contributed by atoms with Gasteiger partial charge < -0.3 is 4.90 Å². The van der Waals surface area contributed by atoms with E-state index in [1.54, 1.807) is 10.4 Å². The van der Waals surface area contributed by atoms with Gasteiger partial charge in [0.15, 0.2) is 0 Å². The number of hydrogen-bond acceptors (Lipinski definition) is 4. The number of Topliss-reactive ketones (excluding diaryl/α,β-unsaturated/α-hetero) is 1. The summed E-state index contributed by atoms with van der Waals surface area (Å²) in [6.07, 6.45) is 1.36. The lowest BCUT2D eigenvalue weighted by atomic mass is 10.1. The van der Waals surface area contributed by atoms with Gasteiger partial charge in [0.1, 0.15) is 5.78 Å². The van der Waals surface area contributed by atoms with Crippen LogP contribution in [0.2, 0.25) is 0 Å². The van der Waals surface area contributed by atoms with Crippen LogP contribution < -0.4 is 0 Å². The van der Waals surface area contributed by atoms with E-state index in [1.807, 2.05) is 5.38 Å². The SMILES string of the molecule is O=C1CCN(C(=O)Cc2cscn2)CC1. The highest BCUT2D eigenvalue weighted by Crippen LogP contribution is 2.09. The summed E-state index contributed by atoms with van der Waals surface area (Å²) in [5.41, 5.74) is 2.55. The Kier molecular flexibility index (Phi) is 3.11. The van der Waals surface area contributed by atoms with Crippen LogP contribution in [0.1, 0.15) is 18.5 Å². The molecule has 0 bridgehead atoms. The third-order valence-electron chi connectivity index (χ3n) is 2.49. The summed E-state index contributed by atoms with van der Waals surface area (Å²) in [5.74, 6) is 0.334. The normalized spacial score (nSPS) is 16.8. The molecule has 1 saturated heterocycles. The van der Waals surface area contributed by atoms with Gasteiger partial charge in [-0.3, -0.25) is 9.59 Å². The second kappa shape index (κ2) is 4.53. The third kappa shape index (κ3) is 2.62. The van der Waals surface area contributed by atoms with Crippen molar-refractivity contribution in [2.75, 3.05) is 13.1 Å². The van der Waals surface area contributed by atoms with Crippen LogP contribution in [0.3, 0.4) is 0 Å². The van der Waals surface area contributed by atoms with Crippen LogP contribution in [0.5, 0.6) is 0 Å². The number of carbonyl (C=O) groups is 2. The van der Waals surface area contributed by atoms with E-state index in [2.05, 4.69) is 4.98 Å². The minimum absolute atomic E-state index is 0.0772. The van der Waals surface area contributed by atoms with E-state index < -0.39 is 0 Å². The van der Waals surface area contributed by atoms with Crippen molar-refractivity contribution < 1.29 is 9.59 Å². The quantitative estimate of drug-likeness (QED) is 0.749. The molecule has 2 rings (SSSR count). The maximum absolute atomic E-state index is 11.8. The van der Waals surface area contributed by atoms with Gasteiger partial charge in [-0.05, 0) is 0 Å². The molecule has 1 aliphatic heterocycles.